The number of fused-ring (bicyclic) bond motifs is 1. The Bertz CT molecular complexity index is 693. The molecule has 1 aliphatic heterocycles. The van der Waals surface area contributed by atoms with Gasteiger partial charge in [0.05, 0.1) is 11.9 Å². The summed E-state index contributed by atoms with van der Waals surface area (Å²) in [6.07, 6.45) is 0. The Labute approximate surface area is 107 Å². The largest absolute Gasteiger partial charge is 0.506 e. The Hall–Kier alpha value is -1.95. The van der Waals surface area contributed by atoms with Crippen LogP contribution in [0, 0.1) is 0 Å². The van der Waals surface area contributed by atoms with Crippen molar-refractivity contribution in [3.05, 3.63) is 34.7 Å². The Balaban J connectivity index is 2.13. The summed E-state index contributed by atoms with van der Waals surface area (Å²) in [5.74, 6) is -0.0525. The van der Waals surface area contributed by atoms with Crippen molar-refractivity contribution in [2.45, 2.75) is 4.90 Å². The van der Waals surface area contributed by atoms with Crippen molar-refractivity contribution in [2.75, 3.05) is 13.1 Å². The molecule has 0 saturated carbocycles. The average molecular weight is 262 g/mol. The van der Waals surface area contributed by atoms with Crippen LogP contribution in [0.1, 0.15) is 0 Å². The number of hydrogen-bond acceptors (Lipinski definition) is 6. The molecule has 0 bridgehead atoms. The molecule has 1 aliphatic rings. The molecule has 0 saturated heterocycles. The lowest BCUT2D eigenvalue weighted by Crippen LogP contribution is -2.16. The molecular weight excluding hydrogens is 252 g/mol. The Morgan fingerprint density at radius 1 is 1.39 bits per heavy atom. The van der Waals surface area contributed by atoms with Gasteiger partial charge in [0, 0.05) is 6.54 Å². The van der Waals surface area contributed by atoms with E-state index in [0.29, 0.717) is 22.7 Å². The molecule has 2 heterocycles. The van der Waals surface area contributed by atoms with Crippen LogP contribution in [0.15, 0.2) is 43.4 Å². The summed E-state index contributed by atoms with van der Waals surface area (Å²) in [6, 6.07) is 6.89. The van der Waals surface area contributed by atoms with Crippen LogP contribution >= 0.6 is 11.8 Å². The maximum absolute atomic E-state index is 11.8. The van der Waals surface area contributed by atoms with E-state index in [1.807, 2.05) is 0 Å². The molecule has 0 unspecified atom stereocenters. The number of benzene rings is 1. The summed E-state index contributed by atoms with van der Waals surface area (Å²) in [5.41, 5.74) is -0.168. The highest BCUT2D eigenvalue weighted by atomic mass is 32.2. The van der Waals surface area contributed by atoms with Gasteiger partial charge in [0.1, 0.15) is 16.2 Å². The van der Waals surface area contributed by atoms with E-state index in [1.54, 1.807) is 24.3 Å². The van der Waals surface area contributed by atoms with Gasteiger partial charge < -0.3 is 14.8 Å². The van der Waals surface area contributed by atoms with Crippen molar-refractivity contribution >= 4 is 27.9 Å². The predicted molar refractivity (Wildman–Crippen MR) is 70.3 cm³/mol. The lowest BCUT2D eigenvalue weighted by Gasteiger charge is -2.05. The average Bonchev–Trinajstić information content (AvgIpc) is 2.87. The van der Waals surface area contributed by atoms with Crippen LogP contribution in [0.3, 0.4) is 0 Å². The number of para-hydroxylation sites is 1. The molecule has 92 valence electrons. The van der Waals surface area contributed by atoms with Crippen molar-refractivity contribution < 1.29 is 9.52 Å². The molecule has 6 heteroatoms. The third-order valence-corrected chi connectivity index (χ3v) is 3.62. The highest BCUT2D eigenvalue weighted by Gasteiger charge is 2.17. The third kappa shape index (κ3) is 1.84. The number of thioether (sulfide) groups is 1. The zero-order chi connectivity index (χ0) is 12.5. The van der Waals surface area contributed by atoms with Crippen LogP contribution in [-0.4, -0.2) is 23.4 Å². The van der Waals surface area contributed by atoms with Crippen LogP contribution in [0.2, 0.25) is 0 Å². The molecule has 0 amide bonds. The Morgan fingerprint density at radius 3 is 3.00 bits per heavy atom. The van der Waals surface area contributed by atoms with E-state index in [0.717, 1.165) is 18.3 Å². The molecule has 1 aromatic carbocycles. The quantitative estimate of drug-likeness (QED) is 0.763. The summed E-state index contributed by atoms with van der Waals surface area (Å²) in [4.78, 5) is 16.1. The number of hydrogen-bond donors (Lipinski definition) is 2. The number of aromatic hydroxyl groups is 1. The minimum Gasteiger partial charge on any atom is -0.506 e. The maximum Gasteiger partial charge on any atom is 0.354 e. The normalized spacial score (nSPS) is 14.6. The lowest BCUT2D eigenvalue weighted by atomic mass is 10.2. The number of rotatable bonds is 1. The van der Waals surface area contributed by atoms with Gasteiger partial charge in [0.15, 0.2) is 5.17 Å². The van der Waals surface area contributed by atoms with Gasteiger partial charge in [-0.05, 0) is 23.9 Å². The first-order chi connectivity index (χ1) is 8.75. The molecule has 2 aromatic rings. The van der Waals surface area contributed by atoms with Gasteiger partial charge in [-0.2, -0.15) is 0 Å². The first kappa shape index (κ1) is 11.2. The van der Waals surface area contributed by atoms with Crippen molar-refractivity contribution in [1.29, 1.82) is 0 Å². The highest BCUT2D eigenvalue weighted by Crippen LogP contribution is 2.32. The second-order valence-corrected chi connectivity index (χ2v) is 4.78. The number of aliphatic imine (C=N–C) groups is 1. The smallest absolute Gasteiger partial charge is 0.354 e. The van der Waals surface area contributed by atoms with Crippen LogP contribution in [0.5, 0.6) is 5.75 Å². The van der Waals surface area contributed by atoms with Crippen LogP contribution < -0.4 is 10.9 Å². The summed E-state index contributed by atoms with van der Waals surface area (Å²) in [7, 11) is 0. The second-order valence-electron chi connectivity index (χ2n) is 3.78. The molecule has 3 rings (SSSR count). The first-order valence-electron chi connectivity index (χ1n) is 5.46. The summed E-state index contributed by atoms with van der Waals surface area (Å²) in [6.45, 7) is 1.43. The molecule has 18 heavy (non-hydrogen) atoms. The van der Waals surface area contributed by atoms with E-state index in [1.165, 1.54) is 0 Å². The monoisotopic (exact) mass is 262 g/mol. The van der Waals surface area contributed by atoms with Crippen molar-refractivity contribution in [3.8, 4) is 5.75 Å². The molecule has 1 aromatic heterocycles. The van der Waals surface area contributed by atoms with E-state index in [-0.39, 0.29) is 10.6 Å². The van der Waals surface area contributed by atoms with E-state index in [4.69, 9.17) is 4.42 Å². The van der Waals surface area contributed by atoms with Gasteiger partial charge in [-0.3, -0.25) is 4.99 Å². The molecule has 0 atom stereocenters. The van der Waals surface area contributed by atoms with Gasteiger partial charge in [-0.25, -0.2) is 4.79 Å². The SMILES string of the molecule is O=c1oc2ccccc2c(O)c1SC1=NCCN1. The molecule has 5 nitrogen and oxygen atoms in total. The van der Waals surface area contributed by atoms with Crippen molar-refractivity contribution in [2.24, 2.45) is 4.99 Å². The van der Waals surface area contributed by atoms with Gasteiger partial charge in [-0.15, -0.1) is 0 Å². The van der Waals surface area contributed by atoms with Gasteiger partial charge in [-0.1, -0.05) is 12.1 Å². The zero-order valence-corrected chi connectivity index (χ0v) is 10.2. The molecular formula is C12H10N2O3S. The third-order valence-electron chi connectivity index (χ3n) is 2.59. The molecule has 0 radical (unpaired) electrons. The molecule has 0 fully saturated rings. The summed E-state index contributed by atoms with van der Waals surface area (Å²) in [5, 5.41) is 14.3. The molecule has 0 aliphatic carbocycles. The van der Waals surface area contributed by atoms with Crippen LogP contribution in [0.25, 0.3) is 11.0 Å². The fourth-order valence-electron chi connectivity index (χ4n) is 1.75. The van der Waals surface area contributed by atoms with Gasteiger partial charge in [0.2, 0.25) is 0 Å². The van der Waals surface area contributed by atoms with Crippen molar-refractivity contribution in [1.82, 2.24) is 5.32 Å². The predicted octanol–water partition coefficient (Wildman–Crippen LogP) is 1.55. The van der Waals surface area contributed by atoms with E-state index in [9.17, 15) is 9.90 Å². The molecule has 0 spiro atoms. The Morgan fingerprint density at radius 2 is 2.22 bits per heavy atom. The maximum atomic E-state index is 11.8. The first-order valence-corrected chi connectivity index (χ1v) is 6.28. The Kier molecular flexibility index (Phi) is 2.71. The minimum absolute atomic E-state index is 0.0525. The zero-order valence-electron chi connectivity index (χ0n) is 9.34. The van der Waals surface area contributed by atoms with Crippen LogP contribution in [0.4, 0.5) is 0 Å². The minimum atomic E-state index is -0.549. The van der Waals surface area contributed by atoms with Gasteiger partial charge >= 0.3 is 5.63 Å². The number of nitrogens with zero attached hydrogens (tertiary/aromatic N) is 1. The van der Waals surface area contributed by atoms with E-state index >= 15 is 0 Å². The highest BCUT2D eigenvalue weighted by molar-refractivity contribution is 8.14. The second kappa shape index (κ2) is 4.38. The fourth-order valence-corrected chi connectivity index (χ4v) is 2.60. The van der Waals surface area contributed by atoms with Crippen molar-refractivity contribution in [3.63, 3.8) is 0 Å². The number of nitrogens with one attached hydrogen (secondary N) is 1. The standard InChI is InChI=1S/C12H10N2O3S/c15-9-7-3-1-2-4-8(7)17-11(16)10(9)18-12-13-5-6-14-12/h1-4,15H,5-6H2,(H,13,14). The van der Waals surface area contributed by atoms with E-state index < -0.39 is 5.63 Å². The summed E-state index contributed by atoms with van der Waals surface area (Å²) < 4.78 is 5.16. The topological polar surface area (TPSA) is 74.8 Å². The van der Waals surface area contributed by atoms with Crippen LogP contribution in [-0.2, 0) is 0 Å². The summed E-state index contributed by atoms with van der Waals surface area (Å²) >= 11 is 1.10. The molecule has 2 N–H and O–H groups in total. The fraction of sp³-hybridized carbons (Fsp3) is 0.167. The van der Waals surface area contributed by atoms with Gasteiger partial charge in [0.25, 0.3) is 0 Å². The van der Waals surface area contributed by atoms with E-state index in [2.05, 4.69) is 10.3 Å². The number of amidine groups is 1. The lowest BCUT2D eigenvalue weighted by molar-refractivity contribution is 0.447.